The number of hydrogen-bond donors (Lipinski definition) is 0. The smallest absolute Gasteiger partial charge is 0.235 e. The van der Waals surface area contributed by atoms with Gasteiger partial charge in [0.05, 0.1) is 4.92 Å². The van der Waals surface area contributed by atoms with Crippen LogP contribution < -0.4 is 0 Å². The number of hydrogen-bond acceptors (Lipinski definition) is 3. The van der Waals surface area contributed by atoms with Gasteiger partial charge in [0.25, 0.3) is 0 Å². The molecule has 13 heavy (non-hydrogen) atoms. The lowest BCUT2D eigenvalue weighted by atomic mass is 10.2. The summed E-state index contributed by atoms with van der Waals surface area (Å²) in [4.78, 5) is 13.0. The van der Waals surface area contributed by atoms with Crippen LogP contribution >= 0.6 is 0 Å². The third-order valence-corrected chi connectivity index (χ3v) is 1.46. The van der Waals surface area contributed by atoms with Crippen molar-refractivity contribution >= 4 is 6.08 Å². The third-order valence-electron chi connectivity index (χ3n) is 1.46. The van der Waals surface area contributed by atoms with E-state index < -0.39 is 10.7 Å². The molecule has 0 aliphatic rings. The minimum Gasteiger partial charge on any atom is -0.264 e. The fraction of sp³-hybridized carbons (Fsp3) is 0.125. The normalized spacial score (nSPS) is 10.6. The van der Waals surface area contributed by atoms with Crippen LogP contribution in [-0.2, 0) is 0 Å². The molecule has 4 nitrogen and oxygen atoms in total. The summed E-state index contributed by atoms with van der Waals surface area (Å²) in [6.07, 6.45) is 4.36. The molecular weight excluding hydrogens is 175 g/mol. The molecule has 0 N–H and O–H groups in total. The summed E-state index contributed by atoms with van der Waals surface area (Å²) >= 11 is 0. The zero-order chi connectivity index (χ0) is 9.84. The topological polar surface area (TPSA) is 56.0 Å². The Morgan fingerprint density at radius 3 is 2.92 bits per heavy atom. The Bertz CT molecular complexity index is 363. The summed E-state index contributed by atoms with van der Waals surface area (Å²) in [5.41, 5.74) is 0.488. The van der Waals surface area contributed by atoms with Gasteiger partial charge in [-0.25, -0.2) is 4.39 Å². The van der Waals surface area contributed by atoms with Crippen molar-refractivity contribution in [2.75, 3.05) is 0 Å². The summed E-state index contributed by atoms with van der Waals surface area (Å²) in [6, 6.07) is 0. The van der Waals surface area contributed by atoms with Gasteiger partial charge in [0, 0.05) is 29.6 Å². The van der Waals surface area contributed by atoms with Crippen LogP contribution in [0.3, 0.4) is 0 Å². The van der Waals surface area contributed by atoms with Gasteiger partial charge in [-0.05, 0) is 6.92 Å². The first-order valence-corrected chi connectivity index (χ1v) is 3.53. The van der Waals surface area contributed by atoms with Crippen LogP contribution in [-0.4, -0.2) is 9.91 Å². The maximum Gasteiger partial charge on any atom is 0.235 e. The van der Waals surface area contributed by atoms with E-state index in [2.05, 4.69) is 4.98 Å². The Balaban J connectivity index is 3.02. The molecule has 5 heteroatoms. The molecule has 0 saturated carbocycles. The molecule has 0 amide bonds. The van der Waals surface area contributed by atoms with Crippen LogP contribution in [0.1, 0.15) is 11.1 Å². The van der Waals surface area contributed by atoms with Crippen molar-refractivity contribution in [3.8, 4) is 0 Å². The lowest BCUT2D eigenvalue weighted by molar-refractivity contribution is -0.400. The molecule has 0 unspecified atom stereocenters. The number of pyridine rings is 1. The van der Waals surface area contributed by atoms with Gasteiger partial charge in [0.15, 0.2) is 0 Å². The standard InChI is InChI=1S/C8H7FN2O2/c1-6-4-10-5-7(8(6)9)2-3-11(12)13/h2-5H,1H3. The van der Waals surface area contributed by atoms with E-state index in [1.807, 2.05) is 0 Å². The van der Waals surface area contributed by atoms with Crippen molar-refractivity contribution in [3.05, 3.63) is 45.7 Å². The number of nitro groups is 1. The molecular formula is C8H7FN2O2. The monoisotopic (exact) mass is 182 g/mol. The quantitative estimate of drug-likeness (QED) is 0.517. The van der Waals surface area contributed by atoms with E-state index in [1.165, 1.54) is 12.4 Å². The fourth-order valence-electron chi connectivity index (χ4n) is 0.828. The SMILES string of the molecule is Cc1cncc(C=C[N+](=O)[O-])c1F. The zero-order valence-electron chi connectivity index (χ0n) is 6.90. The molecule has 0 aromatic carbocycles. The van der Waals surface area contributed by atoms with Crippen molar-refractivity contribution in [1.29, 1.82) is 0 Å². The molecule has 1 heterocycles. The number of halogens is 1. The average Bonchev–Trinajstić information content (AvgIpc) is 2.07. The van der Waals surface area contributed by atoms with Gasteiger partial charge in [-0.1, -0.05) is 0 Å². The minimum absolute atomic E-state index is 0.122. The van der Waals surface area contributed by atoms with E-state index >= 15 is 0 Å². The first-order chi connectivity index (χ1) is 6.11. The van der Waals surface area contributed by atoms with E-state index in [9.17, 15) is 14.5 Å². The molecule has 0 aliphatic heterocycles. The first-order valence-electron chi connectivity index (χ1n) is 3.53. The van der Waals surface area contributed by atoms with E-state index in [0.717, 1.165) is 6.08 Å². The van der Waals surface area contributed by atoms with Crippen molar-refractivity contribution < 1.29 is 9.31 Å². The van der Waals surface area contributed by atoms with Crippen molar-refractivity contribution in [2.24, 2.45) is 0 Å². The number of nitrogens with zero attached hydrogens (tertiary/aromatic N) is 2. The summed E-state index contributed by atoms with van der Waals surface area (Å²) in [6.45, 7) is 1.55. The van der Waals surface area contributed by atoms with Crippen LogP contribution in [0.25, 0.3) is 6.08 Å². The predicted molar refractivity (Wildman–Crippen MR) is 45.0 cm³/mol. The molecule has 1 aromatic rings. The second-order valence-corrected chi connectivity index (χ2v) is 2.46. The molecule has 68 valence electrons. The van der Waals surface area contributed by atoms with Gasteiger partial charge >= 0.3 is 0 Å². The molecule has 0 fully saturated rings. The Morgan fingerprint density at radius 2 is 2.31 bits per heavy atom. The minimum atomic E-state index is -0.651. The lowest BCUT2D eigenvalue weighted by Gasteiger charge is -1.97. The third kappa shape index (κ3) is 2.33. The number of rotatable bonds is 2. The van der Waals surface area contributed by atoms with Gasteiger partial charge in [0.2, 0.25) is 6.20 Å². The lowest BCUT2D eigenvalue weighted by Crippen LogP contribution is -1.90. The highest BCUT2D eigenvalue weighted by molar-refractivity contribution is 5.48. The molecule has 0 atom stereocenters. The summed E-state index contributed by atoms with van der Waals surface area (Å²) in [7, 11) is 0. The van der Waals surface area contributed by atoms with E-state index in [0.29, 0.717) is 11.8 Å². The molecule has 0 aliphatic carbocycles. The van der Waals surface area contributed by atoms with Crippen molar-refractivity contribution in [1.82, 2.24) is 4.98 Å². The molecule has 0 spiro atoms. The maximum atomic E-state index is 13.1. The van der Waals surface area contributed by atoms with Gasteiger partial charge in [-0.15, -0.1) is 0 Å². The summed E-state index contributed by atoms with van der Waals surface area (Å²) in [5, 5.41) is 9.94. The Labute approximate surface area is 73.9 Å². The first kappa shape index (κ1) is 9.31. The Morgan fingerprint density at radius 1 is 1.62 bits per heavy atom. The van der Waals surface area contributed by atoms with Gasteiger partial charge in [-0.2, -0.15) is 0 Å². The van der Waals surface area contributed by atoms with Gasteiger partial charge < -0.3 is 0 Å². The maximum absolute atomic E-state index is 13.1. The van der Waals surface area contributed by atoms with Gasteiger partial charge in [0.1, 0.15) is 5.82 Å². The largest absolute Gasteiger partial charge is 0.264 e. The van der Waals surface area contributed by atoms with E-state index in [4.69, 9.17) is 0 Å². The Kier molecular flexibility index (Phi) is 2.69. The predicted octanol–water partition coefficient (Wildman–Crippen LogP) is 1.78. The molecule has 1 aromatic heterocycles. The molecule has 1 rings (SSSR count). The second kappa shape index (κ2) is 3.75. The van der Waals surface area contributed by atoms with Crippen LogP contribution in [0.5, 0.6) is 0 Å². The van der Waals surface area contributed by atoms with Gasteiger partial charge in [-0.3, -0.25) is 15.1 Å². The molecule has 0 saturated heterocycles. The molecule has 0 bridgehead atoms. The fourth-order valence-corrected chi connectivity index (χ4v) is 0.828. The van der Waals surface area contributed by atoms with Crippen molar-refractivity contribution in [2.45, 2.75) is 6.92 Å². The average molecular weight is 182 g/mol. The Hall–Kier alpha value is -1.78. The second-order valence-electron chi connectivity index (χ2n) is 2.46. The number of aromatic nitrogens is 1. The summed E-state index contributed by atoms with van der Waals surface area (Å²) < 4.78 is 13.1. The van der Waals surface area contributed by atoms with Crippen LogP contribution in [0.2, 0.25) is 0 Å². The van der Waals surface area contributed by atoms with Crippen molar-refractivity contribution in [3.63, 3.8) is 0 Å². The highest BCUT2D eigenvalue weighted by Gasteiger charge is 2.02. The van der Waals surface area contributed by atoms with Crippen LogP contribution in [0, 0.1) is 22.9 Å². The van der Waals surface area contributed by atoms with E-state index in [-0.39, 0.29) is 5.56 Å². The summed E-state index contributed by atoms with van der Waals surface area (Å²) in [5.74, 6) is -0.479. The zero-order valence-corrected chi connectivity index (χ0v) is 6.90. The van der Waals surface area contributed by atoms with E-state index in [1.54, 1.807) is 6.92 Å². The number of aryl methyl sites for hydroxylation is 1. The molecule has 0 radical (unpaired) electrons. The van der Waals surface area contributed by atoms with Crippen LogP contribution in [0.4, 0.5) is 4.39 Å². The van der Waals surface area contributed by atoms with Crippen LogP contribution in [0.15, 0.2) is 18.6 Å². The highest BCUT2D eigenvalue weighted by Crippen LogP contribution is 2.11. The highest BCUT2D eigenvalue weighted by atomic mass is 19.1.